The monoisotopic (exact) mass is 181 g/mol. The molecule has 0 aromatic heterocycles. The van der Waals surface area contributed by atoms with Crippen molar-refractivity contribution < 1.29 is 4.39 Å². The molecule has 1 aromatic carbocycles. The average molecular weight is 181 g/mol. The van der Waals surface area contributed by atoms with Gasteiger partial charge in [-0.05, 0) is 43.7 Å². The van der Waals surface area contributed by atoms with Gasteiger partial charge in [0.2, 0.25) is 0 Å². The van der Waals surface area contributed by atoms with Crippen LogP contribution in [-0.2, 0) is 0 Å². The lowest BCUT2D eigenvalue weighted by Crippen LogP contribution is -2.15. The van der Waals surface area contributed by atoms with E-state index in [-0.39, 0.29) is 11.9 Å². The summed E-state index contributed by atoms with van der Waals surface area (Å²) in [7, 11) is 1.90. The number of benzene rings is 1. The minimum Gasteiger partial charge on any atom is -0.313 e. The Morgan fingerprint density at radius 3 is 2.54 bits per heavy atom. The second kappa shape index (κ2) is 4.38. The van der Waals surface area contributed by atoms with Crippen LogP contribution in [0.1, 0.15) is 30.5 Å². The van der Waals surface area contributed by atoms with Gasteiger partial charge in [-0.15, -0.1) is 0 Å². The smallest absolute Gasteiger partial charge is 0.123 e. The first kappa shape index (κ1) is 10.2. The molecule has 0 bridgehead atoms. The average Bonchev–Trinajstić information content (AvgIpc) is 2.04. The lowest BCUT2D eigenvalue weighted by Gasteiger charge is -2.14. The first-order valence-corrected chi connectivity index (χ1v) is 4.61. The predicted octanol–water partition coefficient (Wildman–Crippen LogP) is 2.80. The fourth-order valence-corrected chi connectivity index (χ4v) is 1.57. The lowest BCUT2D eigenvalue weighted by molar-refractivity contribution is 0.565. The van der Waals surface area contributed by atoms with Crippen molar-refractivity contribution >= 4 is 0 Å². The topological polar surface area (TPSA) is 12.0 Å². The molecule has 0 amide bonds. The van der Waals surface area contributed by atoms with Crippen LogP contribution in [0.15, 0.2) is 18.2 Å². The number of hydrogen-bond acceptors (Lipinski definition) is 1. The number of halogens is 1. The Bertz CT molecular complexity index is 259. The van der Waals surface area contributed by atoms with E-state index in [0.29, 0.717) is 0 Å². The third kappa shape index (κ3) is 2.52. The molecule has 1 rings (SSSR count). The molecule has 0 aliphatic rings. The van der Waals surface area contributed by atoms with E-state index >= 15 is 0 Å². The molecule has 0 spiro atoms. The molecular weight excluding hydrogens is 165 g/mol. The molecule has 0 saturated heterocycles. The summed E-state index contributed by atoms with van der Waals surface area (Å²) >= 11 is 0. The Morgan fingerprint density at radius 1 is 1.38 bits per heavy atom. The zero-order chi connectivity index (χ0) is 9.84. The molecule has 0 aliphatic carbocycles. The van der Waals surface area contributed by atoms with Crippen LogP contribution >= 0.6 is 0 Å². The number of rotatable bonds is 3. The SMILES string of the molecule is CCC(NC)c1cc(C)cc(F)c1. The molecule has 13 heavy (non-hydrogen) atoms. The van der Waals surface area contributed by atoms with Gasteiger partial charge in [0.1, 0.15) is 5.82 Å². The van der Waals surface area contributed by atoms with Crippen molar-refractivity contribution in [2.45, 2.75) is 26.3 Å². The Labute approximate surface area is 79.0 Å². The third-order valence-electron chi connectivity index (χ3n) is 2.22. The summed E-state index contributed by atoms with van der Waals surface area (Å²) < 4.78 is 13.0. The van der Waals surface area contributed by atoms with Crippen molar-refractivity contribution in [3.63, 3.8) is 0 Å². The summed E-state index contributed by atoms with van der Waals surface area (Å²) in [5.74, 6) is -0.149. The zero-order valence-corrected chi connectivity index (χ0v) is 8.39. The molecule has 1 unspecified atom stereocenters. The van der Waals surface area contributed by atoms with E-state index in [0.717, 1.165) is 17.5 Å². The highest BCUT2D eigenvalue weighted by molar-refractivity contribution is 5.26. The molecule has 1 nitrogen and oxygen atoms in total. The van der Waals surface area contributed by atoms with Gasteiger partial charge in [0.05, 0.1) is 0 Å². The van der Waals surface area contributed by atoms with E-state index in [4.69, 9.17) is 0 Å². The number of nitrogens with one attached hydrogen (secondary N) is 1. The van der Waals surface area contributed by atoms with Crippen molar-refractivity contribution in [3.05, 3.63) is 35.1 Å². The van der Waals surface area contributed by atoms with Gasteiger partial charge >= 0.3 is 0 Å². The van der Waals surface area contributed by atoms with E-state index in [9.17, 15) is 4.39 Å². The van der Waals surface area contributed by atoms with E-state index in [1.54, 1.807) is 12.1 Å². The van der Waals surface area contributed by atoms with Crippen LogP contribution in [0, 0.1) is 12.7 Å². The molecule has 1 aromatic rings. The van der Waals surface area contributed by atoms with E-state index < -0.39 is 0 Å². The summed E-state index contributed by atoms with van der Waals surface area (Å²) in [4.78, 5) is 0. The maximum Gasteiger partial charge on any atom is 0.123 e. The predicted molar refractivity (Wildman–Crippen MR) is 53.2 cm³/mol. The fourth-order valence-electron chi connectivity index (χ4n) is 1.57. The molecule has 1 atom stereocenters. The quantitative estimate of drug-likeness (QED) is 0.756. The molecule has 0 aliphatic heterocycles. The Kier molecular flexibility index (Phi) is 3.43. The highest BCUT2D eigenvalue weighted by Gasteiger charge is 2.07. The number of hydrogen-bond donors (Lipinski definition) is 1. The molecular formula is C11H16FN. The fraction of sp³-hybridized carbons (Fsp3) is 0.455. The van der Waals surface area contributed by atoms with Crippen molar-refractivity contribution in [2.75, 3.05) is 7.05 Å². The summed E-state index contributed by atoms with van der Waals surface area (Å²) in [5, 5.41) is 3.16. The molecule has 0 fully saturated rings. The maximum atomic E-state index is 13.0. The highest BCUT2D eigenvalue weighted by Crippen LogP contribution is 2.18. The third-order valence-corrected chi connectivity index (χ3v) is 2.22. The van der Waals surface area contributed by atoms with Crippen molar-refractivity contribution in [1.82, 2.24) is 5.32 Å². The first-order valence-electron chi connectivity index (χ1n) is 4.61. The van der Waals surface area contributed by atoms with E-state index in [2.05, 4.69) is 12.2 Å². The van der Waals surface area contributed by atoms with Gasteiger partial charge in [0.15, 0.2) is 0 Å². The van der Waals surface area contributed by atoms with E-state index in [1.165, 1.54) is 0 Å². The first-order chi connectivity index (χ1) is 6.17. The Morgan fingerprint density at radius 2 is 2.08 bits per heavy atom. The molecule has 1 N–H and O–H groups in total. The summed E-state index contributed by atoms with van der Waals surface area (Å²) in [6, 6.07) is 5.42. The second-order valence-corrected chi connectivity index (χ2v) is 3.31. The minimum absolute atomic E-state index is 0.149. The molecule has 0 heterocycles. The van der Waals surface area contributed by atoms with Gasteiger partial charge in [-0.2, -0.15) is 0 Å². The summed E-state index contributed by atoms with van der Waals surface area (Å²) in [6.07, 6.45) is 0.972. The van der Waals surface area contributed by atoms with Gasteiger partial charge in [0, 0.05) is 6.04 Å². The maximum absolute atomic E-state index is 13.0. The highest BCUT2D eigenvalue weighted by atomic mass is 19.1. The summed E-state index contributed by atoms with van der Waals surface area (Å²) in [5.41, 5.74) is 2.01. The number of aryl methyl sites for hydroxylation is 1. The van der Waals surface area contributed by atoms with Crippen LogP contribution in [-0.4, -0.2) is 7.05 Å². The zero-order valence-electron chi connectivity index (χ0n) is 8.39. The molecule has 0 radical (unpaired) electrons. The van der Waals surface area contributed by atoms with Crippen LogP contribution in [0.25, 0.3) is 0 Å². The van der Waals surface area contributed by atoms with Crippen LogP contribution in [0.2, 0.25) is 0 Å². The largest absolute Gasteiger partial charge is 0.313 e. The van der Waals surface area contributed by atoms with E-state index in [1.807, 2.05) is 20.0 Å². The molecule has 2 heteroatoms. The van der Waals surface area contributed by atoms with Gasteiger partial charge in [0.25, 0.3) is 0 Å². The van der Waals surface area contributed by atoms with Crippen molar-refractivity contribution in [1.29, 1.82) is 0 Å². The minimum atomic E-state index is -0.149. The van der Waals surface area contributed by atoms with Crippen LogP contribution in [0.3, 0.4) is 0 Å². The molecule has 72 valence electrons. The Hall–Kier alpha value is -0.890. The van der Waals surface area contributed by atoms with Crippen LogP contribution in [0.5, 0.6) is 0 Å². The molecule has 0 saturated carbocycles. The van der Waals surface area contributed by atoms with Gasteiger partial charge < -0.3 is 5.32 Å². The Balaban J connectivity index is 2.99. The van der Waals surface area contributed by atoms with Gasteiger partial charge in [-0.25, -0.2) is 4.39 Å². The van der Waals surface area contributed by atoms with Crippen LogP contribution in [0.4, 0.5) is 4.39 Å². The van der Waals surface area contributed by atoms with Gasteiger partial charge in [-0.1, -0.05) is 13.0 Å². The standard InChI is InChI=1S/C11H16FN/c1-4-11(13-3)9-5-8(2)6-10(12)7-9/h5-7,11,13H,4H2,1-3H3. The van der Waals surface area contributed by atoms with Crippen molar-refractivity contribution in [3.8, 4) is 0 Å². The van der Waals surface area contributed by atoms with Crippen molar-refractivity contribution in [2.24, 2.45) is 0 Å². The summed E-state index contributed by atoms with van der Waals surface area (Å²) in [6.45, 7) is 4.00. The normalized spacial score (nSPS) is 12.9. The van der Waals surface area contributed by atoms with Gasteiger partial charge in [-0.3, -0.25) is 0 Å². The second-order valence-electron chi connectivity index (χ2n) is 3.31. The lowest BCUT2D eigenvalue weighted by atomic mass is 10.0. The van der Waals surface area contributed by atoms with Crippen LogP contribution < -0.4 is 5.32 Å².